The van der Waals surface area contributed by atoms with Crippen molar-refractivity contribution in [2.24, 2.45) is 0 Å². The van der Waals surface area contributed by atoms with Gasteiger partial charge in [0.15, 0.2) is 5.75 Å². The van der Waals surface area contributed by atoms with Crippen LogP contribution in [0, 0.1) is 21.4 Å². The van der Waals surface area contributed by atoms with Gasteiger partial charge in [0, 0.05) is 22.7 Å². The summed E-state index contributed by atoms with van der Waals surface area (Å²) in [5.41, 5.74) is 0.508. The second-order valence-corrected chi connectivity index (χ2v) is 9.34. The summed E-state index contributed by atoms with van der Waals surface area (Å²) in [6.07, 6.45) is 1.30. The van der Waals surface area contributed by atoms with Crippen molar-refractivity contribution >= 4 is 85.7 Å². The average molecular weight is 616 g/mol. The molecule has 0 aliphatic rings. The highest BCUT2D eigenvalue weighted by molar-refractivity contribution is 9.10. The molecule has 35 heavy (non-hydrogen) atoms. The number of nitrogens with zero attached hydrogens (tertiary/aromatic N) is 2. The van der Waals surface area contributed by atoms with Crippen molar-refractivity contribution in [1.29, 1.82) is 5.26 Å². The number of nitro groups is 1. The highest BCUT2D eigenvalue weighted by atomic mass is 79.9. The van der Waals surface area contributed by atoms with Crippen LogP contribution < -0.4 is 10.1 Å². The van der Waals surface area contributed by atoms with Gasteiger partial charge in [-0.2, -0.15) is 5.26 Å². The lowest BCUT2D eigenvalue weighted by Crippen LogP contribution is -2.14. The van der Waals surface area contributed by atoms with E-state index >= 15 is 0 Å². The second kappa shape index (κ2) is 11.8. The lowest BCUT2D eigenvalue weighted by molar-refractivity contribution is -0.384. The van der Waals surface area contributed by atoms with E-state index in [2.05, 4.69) is 21.2 Å². The Bertz CT molecular complexity index is 1360. The maximum atomic E-state index is 12.7. The van der Waals surface area contributed by atoms with Crippen molar-refractivity contribution in [2.45, 2.75) is 6.61 Å². The van der Waals surface area contributed by atoms with Gasteiger partial charge in [0.1, 0.15) is 18.2 Å². The zero-order valence-corrected chi connectivity index (χ0v) is 21.9. The molecular formula is C23H12BrCl4N3O4. The van der Waals surface area contributed by atoms with Gasteiger partial charge in [0.05, 0.1) is 30.2 Å². The van der Waals surface area contributed by atoms with E-state index in [1.807, 2.05) is 18.2 Å². The van der Waals surface area contributed by atoms with Crippen molar-refractivity contribution in [2.75, 3.05) is 5.32 Å². The molecule has 3 rings (SSSR count). The minimum Gasteiger partial charge on any atom is -0.486 e. The number of non-ortho nitro benzene ring substituents is 1. The number of benzene rings is 3. The fourth-order valence-electron chi connectivity index (χ4n) is 2.85. The van der Waals surface area contributed by atoms with Gasteiger partial charge in [-0.15, -0.1) is 0 Å². The number of ether oxygens (including phenoxy) is 1. The third kappa shape index (κ3) is 6.66. The zero-order chi connectivity index (χ0) is 25.7. The Morgan fingerprint density at radius 1 is 1.09 bits per heavy atom. The molecule has 12 heteroatoms. The Kier molecular flexibility index (Phi) is 9.00. The van der Waals surface area contributed by atoms with Gasteiger partial charge in [-0.25, -0.2) is 0 Å². The van der Waals surface area contributed by atoms with Crippen LogP contribution in [0.2, 0.25) is 20.1 Å². The van der Waals surface area contributed by atoms with Crippen LogP contribution in [0.15, 0.2) is 58.6 Å². The molecular weight excluding hydrogens is 604 g/mol. The van der Waals surface area contributed by atoms with Crippen molar-refractivity contribution in [3.8, 4) is 11.8 Å². The maximum absolute atomic E-state index is 12.7. The molecule has 1 amide bonds. The van der Waals surface area contributed by atoms with Crippen LogP contribution >= 0.6 is 62.3 Å². The first-order valence-electron chi connectivity index (χ1n) is 9.52. The largest absolute Gasteiger partial charge is 0.486 e. The van der Waals surface area contributed by atoms with Crippen LogP contribution in [0.25, 0.3) is 6.08 Å². The van der Waals surface area contributed by atoms with Crippen LogP contribution in [-0.2, 0) is 11.4 Å². The van der Waals surface area contributed by atoms with E-state index in [0.717, 1.165) is 17.7 Å². The minimum atomic E-state index is -0.823. The number of carbonyl (C=O) groups excluding carboxylic acids is 1. The molecule has 0 fully saturated rings. The lowest BCUT2D eigenvalue weighted by Gasteiger charge is -2.12. The first kappa shape index (κ1) is 26.8. The quantitative estimate of drug-likeness (QED) is 0.125. The summed E-state index contributed by atoms with van der Waals surface area (Å²) in [5, 5.41) is 23.3. The number of hydrogen-bond donors (Lipinski definition) is 1. The molecule has 3 aromatic carbocycles. The molecule has 0 spiro atoms. The molecule has 178 valence electrons. The van der Waals surface area contributed by atoms with Crippen molar-refractivity contribution in [3.63, 3.8) is 0 Å². The first-order valence-corrected chi connectivity index (χ1v) is 11.8. The molecule has 0 aliphatic carbocycles. The Balaban J connectivity index is 1.82. The highest BCUT2D eigenvalue weighted by Crippen LogP contribution is 2.37. The van der Waals surface area contributed by atoms with Crippen molar-refractivity contribution in [3.05, 3.63) is 99.9 Å². The molecule has 0 aliphatic heterocycles. The Morgan fingerprint density at radius 2 is 1.74 bits per heavy atom. The van der Waals surface area contributed by atoms with E-state index in [-0.39, 0.29) is 38.6 Å². The predicted molar refractivity (Wildman–Crippen MR) is 140 cm³/mol. The van der Waals surface area contributed by atoms with Crippen LogP contribution in [0.1, 0.15) is 11.1 Å². The number of halogens is 5. The van der Waals surface area contributed by atoms with Gasteiger partial charge in [-0.1, -0.05) is 64.6 Å². The summed E-state index contributed by atoms with van der Waals surface area (Å²) in [7, 11) is 0. The summed E-state index contributed by atoms with van der Waals surface area (Å²) < 4.78 is 6.28. The van der Waals surface area contributed by atoms with Crippen molar-refractivity contribution in [1.82, 2.24) is 0 Å². The van der Waals surface area contributed by atoms with E-state index in [1.54, 1.807) is 18.2 Å². The van der Waals surface area contributed by atoms with E-state index in [1.165, 1.54) is 12.1 Å². The van der Waals surface area contributed by atoms with Gasteiger partial charge < -0.3 is 10.1 Å². The summed E-state index contributed by atoms with van der Waals surface area (Å²) in [5.74, 6) is -0.465. The summed E-state index contributed by atoms with van der Waals surface area (Å²) >= 11 is 27.9. The molecule has 0 aromatic heterocycles. The van der Waals surface area contributed by atoms with Crippen LogP contribution in [-0.4, -0.2) is 10.8 Å². The molecule has 0 radical (unpaired) electrons. The molecule has 0 atom stereocenters. The molecule has 0 heterocycles. The molecule has 0 bridgehead atoms. The van der Waals surface area contributed by atoms with Crippen LogP contribution in [0.5, 0.6) is 5.75 Å². The molecule has 0 unspecified atom stereocenters. The number of amides is 1. The predicted octanol–water partition coefficient (Wildman–Crippen LogP) is 8.10. The van der Waals surface area contributed by atoms with E-state index in [4.69, 9.17) is 51.1 Å². The SMILES string of the molecule is N#C/C(=C\c1cc(Cl)c(OCc2ccccc2Cl)c(Br)c1)C(=O)Nc1c(Cl)cc([N+](=O)[O-])cc1Cl. The average Bonchev–Trinajstić information content (AvgIpc) is 2.80. The maximum Gasteiger partial charge on any atom is 0.272 e. The smallest absolute Gasteiger partial charge is 0.272 e. The van der Waals surface area contributed by atoms with E-state index in [0.29, 0.717) is 20.8 Å². The number of rotatable bonds is 7. The topological polar surface area (TPSA) is 105 Å². The molecule has 3 aromatic rings. The number of carbonyl (C=O) groups is 1. The first-order chi connectivity index (χ1) is 16.6. The second-order valence-electron chi connectivity index (χ2n) is 6.86. The molecule has 1 N–H and O–H groups in total. The van der Waals surface area contributed by atoms with Gasteiger partial charge in [0.2, 0.25) is 0 Å². The fourth-order valence-corrected chi connectivity index (χ4v) is 4.60. The van der Waals surface area contributed by atoms with Gasteiger partial charge in [0.25, 0.3) is 11.6 Å². The normalized spacial score (nSPS) is 11.0. The van der Waals surface area contributed by atoms with Gasteiger partial charge >= 0.3 is 0 Å². The number of anilines is 1. The van der Waals surface area contributed by atoms with E-state index < -0.39 is 10.8 Å². The summed E-state index contributed by atoms with van der Waals surface area (Å²) in [4.78, 5) is 22.9. The molecule has 7 nitrogen and oxygen atoms in total. The monoisotopic (exact) mass is 613 g/mol. The summed E-state index contributed by atoms with van der Waals surface area (Å²) in [6.45, 7) is 0.176. The standard InChI is InChI=1S/C23H12BrCl4N3O4/c24-16-6-12(7-20(28)22(16)35-11-13-3-1-2-4-17(13)25)5-14(10-29)23(32)30-21-18(26)8-15(31(33)34)9-19(21)27/h1-9H,11H2,(H,30,32)/b14-5+. The number of nitrogens with one attached hydrogen (secondary N) is 1. The minimum absolute atomic E-state index is 0.0624. The van der Waals surface area contributed by atoms with Crippen LogP contribution in [0.4, 0.5) is 11.4 Å². The van der Waals surface area contributed by atoms with Gasteiger partial charge in [-0.3, -0.25) is 14.9 Å². The number of hydrogen-bond acceptors (Lipinski definition) is 5. The van der Waals surface area contributed by atoms with E-state index in [9.17, 15) is 20.2 Å². The third-order valence-electron chi connectivity index (χ3n) is 4.50. The Labute approximate surface area is 228 Å². The van der Waals surface area contributed by atoms with Gasteiger partial charge in [-0.05, 0) is 45.8 Å². The van der Waals surface area contributed by atoms with Crippen molar-refractivity contribution < 1.29 is 14.5 Å². The fraction of sp³-hybridized carbons (Fsp3) is 0.0435. The Hall–Kier alpha value is -2.80. The summed E-state index contributed by atoms with van der Waals surface area (Å²) in [6, 6.07) is 14.2. The Morgan fingerprint density at radius 3 is 2.31 bits per heavy atom. The number of nitriles is 1. The molecule has 0 saturated heterocycles. The lowest BCUT2D eigenvalue weighted by atomic mass is 10.1. The molecule has 0 saturated carbocycles. The third-order valence-corrected chi connectivity index (χ3v) is 6.34. The number of nitro benzene ring substituents is 1. The van der Waals surface area contributed by atoms with Crippen LogP contribution in [0.3, 0.4) is 0 Å². The zero-order valence-electron chi connectivity index (χ0n) is 17.3. The highest BCUT2D eigenvalue weighted by Gasteiger charge is 2.19.